The van der Waals surface area contributed by atoms with Crippen LogP contribution in [0.2, 0.25) is 0 Å². The SMILES string of the molecule is CCCCCCCCCCCCCCCCCCCCCCCCCCCCCCCCCCCCCC/C=C/CCCCCCCCCCCCCCCCCC1CC(=O)OCC(CO)(CO)COC1=O. The molecule has 0 saturated carbocycles. The number of esters is 2. The Kier molecular flexibility index (Phi) is 53.2. The maximum Gasteiger partial charge on any atom is 0.309 e. The average molecular weight is 1020 g/mol. The molecule has 0 spiro atoms. The molecular formula is C66H126O6. The van der Waals surface area contributed by atoms with Crippen LogP contribution in [0.3, 0.4) is 0 Å². The van der Waals surface area contributed by atoms with E-state index in [0.29, 0.717) is 6.42 Å². The molecule has 0 amide bonds. The van der Waals surface area contributed by atoms with Gasteiger partial charge in [0.25, 0.3) is 0 Å². The molecule has 1 aliphatic heterocycles. The summed E-state index contributed by atoms with van der Waals surface area (Å²) in [6, 6.07) is 0. The van der Waals surface area contributed by atoms with Crippen LogP contribution in [0.1, 0.15) is 360 Å². The first-order valence-corrected chi connectivity index (χ1v) is 32.8. The van der Waals surface area contributed by atoms with E-state index in [2.05, 4.69) is 19.1 Å². The van der Waals surface area contributed by atoms with Crippen LogP contribution in [0.5, 0.6) is 0 Å². The number of carbonyl (C=O) groups is 2. The zero-order chi connectivity index (χ0) is 51.8. The largest absolute Gasteiger partial charge is 0.465 e. The van der Waals surface area contributed by atoms with E-state index >= 15 is 0 Å². The lowest BCUT2D eigenvalue weighted by molar-refractivity contribution is -0.155. The monoisotopic (exact) mass is 1010 g/mol. The van der Waals surface area contributed by atoms with Gasteiger partial charge in [-0.2, -0.15) is 0 Å². The third-order valence-corrected chi connectivity index (χ3v) is 16.3. The Morgan fingerprint density at radius 3 is 0.861 bits per heavy atom. The zero-order valence-electron chi connectivity index (χ0n) is 48.5. The Morgan fingerprint density at radius 1 is 0.361 bits per heavy atom. The summed E-state index contributed by atoms with van der Waals surface area (Å²) in [4.78, 5) is 24.7. The van der Waals surface area contributed by atoms with Crippen LogP contribution in [0.15, 0.2) is 12.2 Å². The molecule has 0 aliphatic carbocycles. The predicted octanol–water partition coefficient (Wildman–Crippen LogP) is 20.7. The Labute approximate surface area is 449 Å². The normalized spacial score (nSPS) is 15.2. The minimum Gasteiger partial charge on any atom is -0.465 e. The van der Waals surface area contributed by atoms with E-state index in [0.717, 1.165) is 19.3 Å². The van der Waals surface area contributed by atoms with Crippen LogP contribution in [0, 0.1) is 11.3 Å². The molecule has 6 heteroatoms. The Morgan fingerprint density at radius 2 is 0.597 bits per heavy atom. The molecule has 0 bridgehead atoms. The summed E-state index contributed by atoms with van der Waals surface area (Å²) in [6.45, 7) is 1.21. The number of hydrogen-bond donors (Lipinski definition) is 2. The standard InChI is InChI=1S/C66H126O6/c1-2-3-4-5-6-7-8-9-10-11-12-13-14-15-16-17-18-19-20-21-22-23-24-25-26-27-28-29-30-31-32-33-34-35-36-37-38-39-40-41-42-43-44-45-46-47-48-49-50-51-52-53-54-55-56-57-63-58-64(69)71-61-66(59-67,60-68)62-72-65(63)70/h39-40,63,67-68H,2-38,41-62H2,1H3/b40-39+. The first-order valence-electron chi connectivity index (χ1n) is 32.8. The number of cyclic esters (lactones) is 2. The fourth-order valence-corrected chi connectivity index (χ4v) is 10.9. The average Bonchev–Trinajstić information content (AvgIpc) is 3.45. The molecule has 0 aromatic rings. The molecule has 0 aromatic heterocycles. The molecule has 2 N–H and O–H groups in total. The molecular weight excluding hydrogens is 889 g/mol. The van der Waals surface area contributed by atoms with E-state index in [1.807, 2.05) is 0 Å². The van der Waals surface area contributed by atoms with Crippen molar-refractivity contribution in [3.63, 3.8) is 0 Å². The molecule has 426 valence electrons. The topological polar surface area (TPSA) is 93.1 Å². The van der Waals surface area contributed by atoms with Gasteiger partial charge in [0.05, 0.1) is 31.0 Å². The zero-order valence-corrected chi connectivity index (χ0v) is 48.5. The highest BCUT2D eigenvalue weighted by Gasteiger charge is 2.36. The van der Waals surface area contributed by atoms with Crippen molar-refractivity contribution in [2.75, 3.05) is 26.4 Å². The highest BCUT2D eigenvalue weighted by molar-refractivity contribution is 5.80. The first-order chi connectivity index (χ1) is 35.6. The van der Waals surface area contributed by atoms with Gasteiger partial charge in [0.1, 0.15) is 13.2 Å². The first kappa shape index (κ1) is 68.6. The van der Waals surface area contributed by atoms with E-state index in [-0.39, 0.29) is 19.6 Å². The highest BCUT2D eigenvalue weighted by atomic mass is 16.6. The Bertz CT molecular complexity index is 1130. The van der Waals surface area contributed by atoms with Crippen molar-refractivity contribution in [2.45, 2.75) is 360 Å². The van der Waals surface area contributed by atoms with Gasteiger partial charge in [0.2, 0.25) is 0 Å². The second-order valence-electron chi connectivity index (χ2n) is 23.5. The van der Waals surface area contributed by atoms with Gasteiger partial charge in [0.15, 0.2) is 0 Å². The summed E-state index contributed by atoms with van der Waals surface area (Å²) in [5, 5.41) is 19.2. The molecule has 1 atom stereocenters. The van der Waals surface area contributed by atoms with Gasteiger partial charge < -0.3 is 19.7 Å². The molecule has 1 saturated heterocycles. The van der Waals surface area contributed by atoms with Gasteiger partial charge in [-0.25, -0.2) is 0 Å². The van der Waals surface area contributed by atoms with Crippen molar-refractivity contribution in [1.82, 2.24) is 0 Å². The van der Waals surface area contributed by atoms with Gasteiger partial charge in [-0.1, -0.05) is 334 Å². The van der Waals surface area contributed by atoms with Crippen molar-refractivity contribution >= 4 is 11.9 Å². The number of hydrogen-bond acceptors (Lipinski definition) is 6. The third kappa shape index (κ3) is 47.1. The van der Waals surface area contributed by atoms with Gasteiger partial charge in [-0.3, -0.25) is 9.59 Å². The van der Waals surface area contributed by atoms with Crippen LogP contribution < -0.4 is 0 Å². The second-order valence-corrected chi connectivity index (χ2v) is 23.5. The van der Waals surface area contributed by atoms with Gasteiger partial charge in [0, 0.05) is 0 Å². The maximum atomic E-state index is 12.5. The molecule has 1 unspecified atom stereocenters. The quantitative estimate of drug-likeness (QED) is 0.0358. The van der Waals surface area contributed by atoms with Gasteiger partial charge >= 0.3 is 11.9 Å². The van der Waals surface area contributed by atoms with Crippen LogP contribution in [0.4, 0.5) is 0 Å². The summed E-state index contributed by atoms with van der Waals surface area (Å²) >= 11 is 0. The van der Waals surface area contributed by atoms with Crippen molar-refractivity contribution in [3.05, 3.63) is 12.2 Å². The lowest BCUT2D eigenvalue weighted by atomic mass is 9.92. The fraction of sp³-hybridized carbons (Fsp3) is 0.939. The van der Waals surface area contributed by atoms with Gasteiger partial charge in [-0.05, 0) is 32.1 Å². The molecule has 1 rings (SSSR count). The van der Waals surface area contributed by atoms with E-state index in [9.17, 15) is 19.8 Å². The van der Waals surface area contributed by atoms with Crippen molar-refractivity contribution in [1.29, 1.82) is 0 Å². The summed E-state index contributed by atoms with van der Waals surface area (Å²) < 4.78 is 10.6. The molecule has 1 fully saturated rings. The van der Waals surface area contributed by atoms with E-state index in [4.69, 9.17) is 9.47 Å². The van der Waals surface area contributed by atoms with E-state index < -0.39 is 36.5 Å². The minimum absolute atomic E-state index is 0.00320. The third-order valence-electron chi connectivity index (χ3n) is 16.3. The number of rotatable bonds is 57. The number of aliphatic hydroxyl groups is 2. The number of ether oxygens (including phenoxy) is 2. The molecule has 72 heavy (non-hydrogen) atoms. The van der Waals surface area contributed by atoms with Crippen molar-refractivity contribution < 1.29 is 29.3 Å². The maximum absolute atomic E-state index is 12.5. The fourth-order valence-electron chi connectivity index (χ4n) is 10.9. The number of allylic oxidation sites excluding steroid dienone is 2. The Balaban J connectivity index is 1.68. The lowest BCUT2D eigenvalue weighted by Crippen LogP contribution is -2.40. The minimum atomic E-state index is -1.12. The molecule has 1 heterocycles. The summed E-state index contributed by atoms with van der Waals surface area (Å²) in [7, 11) is 0. The van der Waals surface area contributed by atoms with Crippen molar-refractivity contribution in [3.8, 4) is 0 Å². The van der Waals surface area contributed by atoms with Crippen LogP contribution in [0.25, 0.3) is 0 Å². The molecule has 6 nitrogen and oxygen atoms in total. The second kappa shape index (κ2) is 55.8. The Hall–Kier alpha value is -1.40. The van der Waals surface area contributed by atoms with Crippen molar-refractivity contribution in [2.24, 2.45) is 11.3 Å². The van der Waals surface area contributed by atoms with Crippen LogP contribution in [-0.4, -0.2) is 48.6 Å². The number of unbranched alkanes of at least 4 members (excludes halogenated alkanes) is 51. The van der Waals surface area contributed by atoms with Gasteiger partial charge in [-0.15, -0.1) is 0 Å². The van der Waals surface area contributed by atoms with E-state index in [1.165, 1.54) is 321 Å². The molecule has 0 radical (unpaired) electrons. The number of carbonyl (C=O) groups excluding carboxylic acids is 2. The summed E-state index contributed by atoms with van der Waals surface area (Å²) in [6.07, 6.45) is 80.2. The molecule has 1 aliphatic rings. The summed E-state index contributed by atoms with van der Waals surface area (Å²) in [5.41, 5.74) is -1.12. The predicted molar refractivity (Wildman–Crippen MR) is 311 cm³/mol. The highest BCUT2D eigenvalue weighted by Crippen LogP contribution is 2.25. The number of aliphatic hydroxyl groups excluding tert-OH is 2. The van der Waals surface area contributed by atoms with E-state index in [1.54, 1.807) is 0 Å². The van der Waals surface area contributed by atoms with Crippen LogP contribution in [-0.2, 0) is 19.1 Å². The lowest BCUT2D eigenvalue weighted by Gasteiger charge is -2.27. The molecule has 0 aromatic carbocycles. The smallest absolute Gasteiger partial charge is 0.309 e. The summed E-state index contributed by atoms with van der Waals surface area (Å²) in [5.74, 6) is -1.40. The van der Waals surface area contributed by atoms with Crippen LogP contribution >= 0.6 is 0 Å².